The lowest BCUT2D eigenvalue weighted by Gasteiger charge is -2.18. The van der Waals surface area contributed by atoms with Crippen LogP contribution in [0.1, 0.15) is 33.9 Å². The summed E-state index contributed by atoms with van der Waals surface area (Å²) in [5, 5.41) is 0.791. The topological polar surface area (TPSA) is 47.3 Å². The second kappa shape index (κ2) is 6.16. The van der Waals surface area contributed by atoms with E-state index in [1.807, 2.05) is 13.0 Å². The van der Waals surface area contributed by atoms with E-state index in [4.69, 9.17) is 22.2 Å². The van der Waals surface area contributed by atoms with Crippen molar-refractivity contribution < 1.29 is 4.74 Å². The van der Waals surface area contributed by atoms with Crippen LogP contribution < -0.4 is 11.3 Å². The van der Waals surface area contributed by atoms with Crippen LogP contribution in [0, 0.1) is 6.92 Å². The molecule has 2 aromatic carbocycles. The summed E-state index contributed by atoms with van der Waals surface area (Å²) in [5.41, 5.74) is 8.85. The van der Waals surface area contributed by atoms with Gasteiger partial charge in [0, 0.05) is 5.02 Å². The average molecular weight is 303 g/mol. The fourth-order valence-corrected chi connectivity index (χ4v) is 3.03. The summed E-state index contributed by atoms with van der Waals surface area (Å²) in [7, 11) is 0. The van der Waals surface area contributed by atoms with Gasteiger partial charge in [-0.1, -0.05) is 41.9 Å². The van der Waals surface area contributed by atoms with Gasteiger partial charge in [-0.05, 0) is 47.2 Å². The van der Waals surface area contributed by atoms with E-state index >= 15 is 0 Å². The predicted molar refractivity (Wildman–Crippen MR) is 84.9 cm³/mol. The normalized spacial score (nSPS) is 15.0. The maximum absolute atomic E-state index is 6.32. The van der Waals surface area contributed by atoms with Crippen LogP contribution in [0.5, 0.6) is 0 Å². The Morgan fingerprint density at radius 3 is 2.76 bits per heavy atom. The third kappa shape index (κ3) is 3.11. The molecule has 3 nitrogen and oxygen atoms in total. The molecule has 0 fully saturated rings. The molecule has 4 heteroatoms. The van der Waals surface area contributed by atoms with Crippen molar-refractivity contribution in [2.45, 2.75) is 32.6 Å². The molecule has 0 radical (unpaired) electrons. The van der Waals surface area contributed by atoms with Gasteiger partial charge in [0.25, 0.3) is 0 Å². The molecule has 1 unspecified atom stereocenters. The first kappa shape index (κ1) is 14.5. The van der Waals surface area contributed by atoms with Crippen LogP contribution in [0.15, 0.2) is 36.4 Å². The molecule has 0 aliphatic carbocycles. The first-order valence-electron chi connectivity index (χ1n) is 7.08. The van der Waals surface area contributed by atoms with E-state index in [9.17, 15) is 0 Å². The van der Waals surface area contributed by atoms with E-state index in [1.165, 1.54) is 16.7 Å². The molecule has 1 aliphatic heterocycles. The molecule has 0 saturated heterocycles. The highest BCUT2D eigenvalue weighted by molar-refractivity contribution is 6.31. The van der Waals surface area contributed by atoms with Crippen molar-refractivity contribution in [1.82, 2.24) is 5.43 Å². The summed E-state index contributed by atoms with van der Waals surface area (Å²) >= 11 is 6.32. The Balaban J connectivity index is 1.85. The summed E-state index contributed by atoms with van der Waals surface area (Å²) in [6, 6.07) is 12.6. The molecule has 1 aliphatic rings. The third-order valence-corrected chi connectivity index (χ3v) is 4.33. The number of nitrogens with two attached hydrogens (primary N) is 1. The minimum absolute atomic E-state index is 0.0381. The summed E-state index contributed by atoms with van der Waals surface area (Å²) in [5.74, 6) is 5.75. The number of benzene rings is 2. The molecule has 0 amide bonds. The molecule has 1 atom stereocenters. The standard InChI is InChI=1S/C17H19ClN2O/c1-11-2-3-12(16(18)6-11)8-17(20-19)13-4-5-14-9-21-10-15(14)7-13/h2-7,17,20H,8-10,19H2,1H3. The Bertz CT molecular complexity index is 657. The van der Waals surface area contributed by atoms with Crippen LogP contribution in [-0.2, 0) is 24.4 Å². The molecular weight excluding hydrogens is 284 g/mol. The number of halogens is 1. The second-order valence-electron chi connectivity index (χ2n) is 5.54. The lowest BCUT2D eigenvalue weighted by atomic mass is 9.96. The first-order chi connectivity index (χ1) is 10.2. The molecule has 0 saturated carbocycles. The van der Waals surface area contributed by atoms with Gasteiger partial charge in [0.15, 0.2) is 0 Å². The van der Waals surface area contributed by atoms with Gasteiger partial charge >= 0.3 is 0 Å². The van der Waals surface area contributed by atoms with E-state index in [1.54, 1.807) is 0 Å². The number of rotatable bonds is 4. The monoisotopic (exact) mass is 302 g/mol. The summed E-state index contributed by atoms with van der Waals surface area (Å²) in [6.07, 6.45) is 0.759. The molecule has 0 bridgehead atoms. The van der Waals surface area contributed by atoms with Crippen LogP contribution in [0.4, 0.5) is 0 Å². The number of ether oxygens (including phenoxy) is 1. The minimum Gasteiger partial charge on any atom is -0.372 e. The van der Waals surface area contributed by atoms with Crippen LogP contribution in [0.3, 0.4) is 0 Å². The van der Waals surface area contributed by atoms with Crippen LogP contribution in [0.25, 0.3) is 0 Å². The molecule has 3 rings (SSSR count). The van der Waals surface area contributed by atoms with Gasteiger partial charge < -0.3 is 4.74 Å². The first-order valence-corrected chi connectivity index (χ1v) is 7.46. The zero-order chi connectivity index (χ0) is 14.8. The molecule has 1 heterocycles. The van der Waals surface area contributed by atoms with E-state index in [-0.39, 0.29) is 6.04 Å². The quantitative estimate of drug-likeness (QED) is 0.672. The smallest absolute Gasteiger partial charge is 0.0725 e. The van der Waals surface area contributed by atoms with Gasteiger partial charge in [0.1, 0.15) is 0 Å². The van der Waals surface area contributed by atoms with Crippen LogP contribution in [0.2, 0.25) is 5.02 Å². The zero-order valence-electron chi connectivity index (χ0n) is 12.0. The van der Waals surface area contributed by atoms with Crippen LogP contribution >= 0.6 is 11.6 Å². The van der Waals surface area contributed by atoms with E-state index in [0.29, 0.717) is 13.2 Å². The highest BCUT2D eigenvalue weighted by Gasteiger charge is 2.17. The SMILES string of the molecule is Cc1ccc(CC(NN)c2ccc3c(c2)COC3)c(Cl)c1. The number of fused-ring (bicyclic) bond motifs is 1. The van der Waals surface area contributed by atoms with E-state index in [0.717, 1.165) is 22.6 Å². The molecule has 0 aromatic heterocycles. The van der Waals surface area contributed by atoms with E-state index < -0.39 is 0 Å². The maximum Gasteiger partial charge on any atom is 0.0725 e. The Morgan fingerprint density at radius 2 is 2.00 bits per heavy atom. The third-order valence-electron chi connectivity index (χ3n) is 3.98. The van der Waals surface area contributed by atoms with Crippen molar-refractivity contribution in [2.24, 2.45) is 5.84 Å². The number of hydrogen-bond acceptors (Lipinski definition) is 3. The van der Waals surface area contributed by atoms with Crippen molar-refractivity contribution in [3.8, 4) is 0 Å². The highest BCUT2D eigenvalue weighted by atomic mass is 35.5. The summed E-state index contributed by atoms with van der Waals surface area (Å²) in [4.78, 5) is 0. The maximum atomic E-state index is 6.32. The fraction of sp³-hybridized carbons (Fsp3) is 0.294. The Morgan fingerprint density at radius 1 is 1.19 bits per heavy atom. The number of hydrogen-bond donors (Lipinski definition) is 2. The van der Waals surface area contributed by atoms with Gasteiger partial charge in [0.2, 0.25) is 0 Å². The van der Waals surface area contributed by atoms with Crippen molar-refractivity contribution in [3.63, 3.8) is 0 Å². The lowest BCUT2D eigenvalue weighted by Crippen LogP contribution is -2.29. The lowest BCUT2D eigenvalue weighted by molar-refractivity contribution is 0.134. The van der Waals surface area contributed by atoms with Crippen molar-refractivity contribution >= 4 is 11.6 Å². The predicted octanol–water partition coefficient (Wildman–Crippen LogP) is 3.43. The average Bonchev–Trinajstić information content (AvgIpc) is 2.94. The molecule has 21 heavy (non-hydrogen) atoms. The number of aryl methyl sites for hydroxylation is 1. The number of nitrogens with one attached hydrogen (secondary N) is 1. The van der Waals surface area contributed by atoms with Crippen LogP contribution in [-0.4, -0.2) is 0 Å². The highest BCUT2D eigenvalue weighted by Crippen LogP contribution is 2.27. The van der Waals surface area contributed by atoms with E-state index in [2.05, 4.69) is 35.8 Å². The molecule has 110 valence electrons. The Kier molecular flexibility index (Phi) is 4.27. The summed E-state index contributed by atoms with van der Waals surface area (Å²) in [6.45, 7) is 3.43. The van der Waals surface area contributed by atoms with Gasteiger partial charge in [-0.2, -0.15) is 0 Å². The van der Waals surface area contributed by atoms with Crippen molar-refractivity contribution in [3.05, 3.63) is 69.2 Å². The number of hydrazine groups is 1. The van der Waals surface area contributed by atoms with Crippen molar-refractivity contribution in [2.75, 3.05) is 0 Å². The van der Waals surface area contributed by atoms with Crippen molar-refractivity contribution in [1.29, 1.82) is 0 Å². The zero-order valence-corrected chi connectivity index (χ0v) is 12.8. The molecular formula is C17H19ClN2O. The molecule has 2 aromatic rings. The van der Waals surface area contributed by atoms with Gasteiger partial charge in [-0.25, -0.2) is 0 Å². The van der Waals surface area contributed by atoms with Gasteiger partial charge in [-0.15, -0.1) is 0 Å². The molecule has 3 N–H and O–H groups in total. The van der Waals surface area contributed by atoms with Gasteiger partial charge in [0.05, 0.1) is 19.3 Å². The van der Waals surface area contributed by atoms with Gasteiger partial charge in [-0.3, -0.25) is 11.3 Å². The molecule has 0 spiro atoms. The Labute approximate surface area is 130 Å². The summed E-state index contributed by atoms with van der Waals surface area (Å²) < 4.78 is 5.46. The Hall–Kier alpha value is -1.39. The fourth-order valence-electron chi connectivity index (χ4n) is 2.72. The second-order valence-corrected chi connectivity index (χ2v) is 5.95. The largest absolute Gasteiger partial charge is 0.372 e. The minimum atomic E-state index is 0.0381.